The molecule has 2 heterocycles. The first kappa shape index (κ1) is 16.7. The van der Waals surface area contributed by atoms with Gasteiger partial charge in [-0.1, -0.05) is 42.1 Å². The number of thioether (sulfide) groups is 1. The van der Waals surface area contributed by atoms with Crippen LogP contribution in [0.15, 0.2) is 35.5 Å². The van der Waals surface area contributed by atoms with Gasteiger partial charge in [0.1, 0.15) is 0 Å². The summed E-state index contributed by atoms with van der Waals surface area (Å²) in [5, 5.41) is 12.5. The van der Waals surface area contributed by atoms with Gasteiger partial charge in [0.05, 0.1) is 11.4 Å². The van der Waals surface area contributed by atoms with E-state index in [0.717, 1.165) is 22.0 Å². The van der Waals surface area contributed by atoms with Gasteiger partial charge < -0.3 is 9.88 Å². The third kappa shape index (κ3) is 3.65. The third-order valence-corrected chi connectivity index (χ3v) is 5.48. The number of amides is 1. The highest BCUT2D eigenvalue weighted by atomic mass is 32.2. The Morgan fingerprint density at radius 2 is 2.00 bits per heavy atom. The maximum atomic E-state index is 12.1. The zero-order valence-electron chi connectivity index (χ0n) is 13.6. The fourth-order valence-corrected chi connectivity index (χ4v) is 3.63. The van der Waals surface area contributed by atoms with Gasteiger partial charge in [0.15, 0.2) is 16.1 Å². The molecular formula is C16H17N5OS2. The van der Waals surface area contributed by atoms with Gasteiger partial charge in [-0.05, 0) is 13.8 Å². The standard InChI is InChI=1S/C16H17N5OS2/c1-10-11(2)24-15(17-10)18-13(22)9-23-16-20-19-14(21(16)3)12-7-5-4-6-8-12/h4-8H,9H2,1-3H3,(H,17,18,22). The maximum absolute atomic E-state index is 12.1. The number of carbonyl (C=O) groups is 1. The Bertz CT molecular complexity index is 837. The zero-order chi connectivity index (χ0) is 17.1. The summed E-state index contributed by atoms with van der Waals surface area (Å²) in [4.78, 5) is 17.5. The molecule has 0 atom stereocenters. The van der Waals surface area contributed by atoms with Crippen molar-refractivity contribution in [1.82, 2.24) is 19.7 Å². The number of aryl methyl sites for hydroxylation is 2. The van der Waals surface area contributed by atoms with E-state index in [0.29, 0.717) is 10.3 Å². The molecule has 1 aromatic carbocycles. The topological polar surface area (TPSA) is 72.7 Å². The predicted molar refractivity (Wildman–Crippen MR) is 97.4 cm³/mol. The molecule has 3 rings (SSSR count). The molecule has 6 nitrogen and oxygen atoms in total. The van der Waals surface area contributed by atoms with Crippen molar-refractivity contribution in [3.8, 4) is 11.4 Å². The number of hydrogen-bond acceptors (Lipinski definition) is 6. The molecule has 0 unspecified atom stereocenters. The van der Waals surface area contributed by atoms with Crippen LogP contribution in [0.4, 0.5) is 5.13 Å². The average Bonchev–Trinajstić information content (AvgIpc) is 3.08. The summed E-state index contributed by atoms with van der Waals surface area (Å²) in [6.07, 6.45) is 0. The number of rotatable bonds is 5. The Morgan fingerprint density at radius 3 is 2.67 bits per heavy atom. The zero-order valence-corrected chi connectivity index (χ0v) is 15.2. The molecule has 1 amide bonds. The molecule has 0 aliphatic carbocycles. The third-order valence-electron chi connectivity index (χ3n) is 3.47. The SMILES string of the molecule is Cc1nc(NC(=O)CSc2nnc(-c3ccccc3)n2C)sc1C. The Balaban J connectivity index is 1.63. The second kappa shape index (κ2) is 7.14. The molecule has 8 heteroatoms. The van der Waals surface area contributed by atoms with Crippen LogP contribution < -0.4 is 5.32 Å². The van der Waals surface area contributed by atoms with E-state index in [1.54, 1.807) is 0 Å². The van der Waals surface area contributed by atoms with Gasteiger partial charge in [0, 0.05) is 17.5 Å². The number of benzene rings is 1. The van der Waals surface area contributed by atoms with Gasteiger partial charge in [-0.3, -0.25) is 4.79 Å². The van der Waals surface area contributed by atoms with Crippen molar-refractivity contribution in [3.63, 3.8) is 0 Å². The number of carbonyl (C=O) groups excluding carboxylic acids is 1. The molecule has 2 aromatic heterocycles. The van der Waals surface area contributed by atoms with Crippen LogP contribution in [0.5, 0.6) is 0 Å². The van der Waals surface area contributed by atoms with Gasteiger partial charge in [0.2, 0.25) is 5.91 Å². The van der Waals surface area contributed by atoms with Crippen LogP contribution in [0.3, 0.4) is 0 Å². The Hall–Kier alpha value is -2.19. The molecule has 0 bridgehead atoms. The van der Waals surface area contributed by atoms with Crippen molar-refractivity contribution in [2.45, 2.75) is 19.0 Å². The number of anilines is 1. The number of nitrogens with zero attached hydrogens (tertiary/aromatic N) is 4. The van der Waals surface area contributed by atoms with Crippen molar-refractivity contribution < 1.29 is 4.79 Å². The molecule has 124 valence electrons. The van der Waals surface area contributed by atoms with E-state index in [1.165, 1.54) is 23.1 Å². The number of thiazole rings is 1. The number of hydrogen-bond donors (Lipinski definition) is 1. The lowest BCUT2D eigenvalue weighted by Gasteiger charge is -2.04. The molecular weight excluding hydrogens is 342 g/mol. The smallest absolute Gasteiger partial charge is 0.236 e. The summed E-state index contributed by atoms with van der Waals surface area (Å²) >= 11 is 2.84. The minimum Gasteiger partial charge on any atom is -0.305 e. The Kier molecular flexibility index (Phi) is 4.96. The predicted octanol–water partition coefficient (Wildman–Crippen LogP) is 3.29. The van der Waals surface area contributed by atoms with Crippen molar-refractivity contribution in [3.05, 3.63) is 40.9 Å². The summed E-state index contributed by atoms with van der Waals surface area (Å²) in [5.74, 6) is 0.945. The van der Waals surface area contributed by atoms with E-state index in [9.17, 15) is 4.79 Å². The monoisotopic (exact) mass is 359 g/mol. The molecule has 1 N–H and O–H groups in total. The lowest BCUT2D eigenvalue weighted by Crippen LogP contribution is -2.14. The molecule has 0 aliphatic heterocycles. The fourth-order valence-electron chi connectivity index (χ4n) is 2.09. The lowest BCUT2D eigenvalue weighted by molar-refractivity contribution is -0.113. The van der Waals surface area contributed by atoms with E-state index in [4.69, 9.17) is 0 Å². The van der Waals surface area contributed by atoms with Crippen LogP contribution in [-0.2, 0) is 11.8 Å². The minimum absolute atomic E-state index is 0.0991. The summed E-state index contributed by atoms with van der Waals surface area (Å²) in [7, 11) is 1.90. The first-order chi connectivity index (χ1) is 11.5. The Labute approximate surface area is 148 Å². The van der Waals surface area contributed by atoms with Crippen molar-refractivity contribution >= 4 is 34.1 Å². The molecule has 3 aromatic rings. The van der Waals surface area contributed by atoms with E-state index in [-0.39, 0.29) is 11.7 Å². The molecule has 0 spiro atoms. The molecule has 0 fully saturated rings. The van der Waals surface area contributed by atoms with Crippen LogP contribution in [0.2, 0.25) is 0 Å². The number of nitrogens with one attached hydrogen (secondary N) is 1. The van der Waals surface area contributed by atoms with E-state index >= 15 is 0 Å². The second-order valence-corrected chi connectivity index (χ2v) is 7.37. The second-order valence-electron chi connectivity index (χ2n) is 5.23. The van der Waals surface area contributed by atoms with Crippen LogP contribution in [0.1, 0.15) is 10.6 Å². The fraction of sp³-hybridized carbons (Fsp3) is 0.250. The largest absolute Gasteiger partial charge is 0.305 e. The first-order valence-electron chi connectivity index (χ1n) is 7.36. The maximum Gasteiger partial charge on any atom is 0.236 e. The van der Waals surface area contributed by atoms with Crippen LogP contribution in [0.25, 0.3) is 11.4 Å². The van der Waals surface area contributed by atoms with Gasteiger partial charge >= 0.3 is 0 Å². The summed E-state index contributed by atoms with van der Waals surface area (Å²) in [6, 6.07) is 9.85. The highest BCUT2D eigenvalue weighted by Gasteiger charge is 2.13. The highest BCUT2D eigenvalue weighted by Crippen LogP contribution is 2.24. The van der Waals surface area contributed by atoms with E-state index in [2.05, 4.69) is 20.5 Å². The normalized spacial score (nSPS) is 10.8. The van der Waals surface area contributed by atoms with Gasteiger partial charge in [-0.25, -0.2) is 4.98 Å². The Morgan fingerprint density at radius 1 is 1.25 bits per heavy atom. The molecule has 0 saturated heterocycles. The average molecular weight is 359 g/mol. The quantitative estimate of drug-likeness (QED) is 0.708. The van der Waals surface area contributed by atoms with Crippen molar-refractivity contribution in [2.24, 2.45) is 7.05 Å². The van der Waals surface area contributed by atoms with Gasteiger partial charge in [-0.2, -0.15) is 0 Å². The molecule has 24 heavy (non-hydrogen) atoms. The summed E-state index contributed by atoms with van der Waals surface area (Å²) in [6.45, 7) is 3.92. The lowest BCUT2D eigenvalue weighted by atomic mass is 10.2. The first-order valence-corrected chi connectivity index (χ1v) is 9.16. The number of aromatic nitrogens is 4. The van der Waals surface area contributed by atoms with Gasteiger partial charge in [0.25, 0.3) is 0 Å². The van der Waals surface area contributed by atoms with Crippen LogP contribution >= 0.6 is 23.1 Å². The summed E-state index contributed by atoms with van der Waals surface area (Å²) in [5.41, 5.74) is 1.95. The van der Waals surface area contributed by atoms with E-state index < -0.39 is 0 Å². The minimum atomic E-state index is -0.0991. The molecule has 0 saturated carbocycles. The summed E-state index contributed by atoms with van der Waals surface area (Å²) < 4.78 is 1.89. The van der Waals surface area contributed by atoms with Crippen LogP contribution in [-0.4, -0.2) is 31.4 Å². The highest BCUT2D eigenvalue weighted by molar-refractivity contribution is 7.99. The van der Waals surface area contributed by atoms with E-state index in [1.807, 2.05) is 55.8 Å². The molecule has 0 aliphatic rings. The van der Waals surface area contributed by atoms with Crippen LogP contribution in [0, 0.1) is 13.8 Å². The van der Waals surface area contributed by atoms with Crippen molar-refractivity contribution in [1.29, 1.82) is 0 Å². The van der Waals surface area contributed by atoms with Gasteiger partial charge in [-0.15, -0.1) is 21.5 Å². The van der Waals surface area contributed by atoms with Crippen molar-refractivity contribution in [2.75, 3.05) is 11.1 Å². The molecule has 0 radical (unpaired) electrons.